The Morgan fingerprint density at radius 1 is 1.10 bits per heavy atom. The topological polar surface area (TPSA) is 43.1 Å². The standard InChI is InChI=1S/C12H9F6NO2/c1-2-10(19(20)21)5-7-3-8(11(13,14)15)6-9(4-7)12(16,17)18/h3-6H,2H2,1H3. The fourth-order valence-corrected chi connectivity index (χ4v) is 1.54. The number of benzene rings is 1. The van der Waals surface area contributed by atoms with Gasteiger partial charge in [-0.3, -0.25) is 10.1 Å². The van der Waals surface area contributed by atoms with Crippen LogP contribution in [0.1, 0.15) is 30.0 Å². The summed E-state index contributed by atoms with van der Waals surface area (Å²) in [6, 6.07) is 0.845. The van der Waals surface area contributed by atoms with Crippen molar-refractivity contribution >= 4 is 6.08 Å². The maximum atomic E-state index is 12.6. The number of nitro groups is 1. The Hall–Kier alpha value is -2.06. The van der Waals surface area contributed by atoms with E-state index in [-0.39, 0.29) is 12.5 Å². The molecule has 3 nitrogen and oxygen atoms in total. The van der Waals surface area contributed by atoms with Gasteiger partial charge in [-0.25, -0.2) is 0 Å². The number of rotatable bonds is 3. The number of halogens is 6. The van der Waals surface area contributed by atoms with E-state index >= 15 is 0 Å². The molecule has 0 aliphatic heterocycles. The molecule has 0 N–H and O–H groups in total. The Balaban J connectivity index is 3.49. The molecule has 0 unspecified atom stereocenters. The predicted octanol–water partition coefficient (Wildman–Crippen LogP) is 4.75. The van der Waals surface area contributed by atoms with Crippen LogP contribution in [0, 0.1) is 10.1 Å². The third kappa shape index (κ3) is 4.47. The van der Waals surface area contributed by atoms with Gasteiger partial charge in [-0.05, 0) is 23.8 Å². The summed E-state index contributed by atoms with van der Waals surface area (Å²) >= 11 is 0. The molecule has 0 atom stereocenters. The van der Waals surface area contributed by atoms with Gasteiger partial charge in [0.25, 0.3) is 0 Å². The van der Waals surface area contributed by atoms with Crippen molar-refractivity contribution in [2.75, 3.05) is 0 Å². The number of alkyl halides is 6. The minimum Gasteiger partial charge on any atom is -0.259 e. The van der Waals surface area contributed by atoms with E-state index in [2.05, 4.69) is 0 Å². The van der Waals surface area contributed by atoms with E-state index in [0.29, 0.717) is 18.2 Å². The molecule has 0 bridgehead atoms. The summed E-state index contributed by atoms with van der Waals surface area (Å²) in [5.41, 5.74) is -4.03. The second-order valence-corrected chi connectivity index (χ2v) is 4.09. The molecule has 9 heteroatoms. The Morgan fingerprint density at radius 3 is 1.81 bits per heavy atom. The van der Waals surface area contributed by atoms with Crippen LogP contribution in [0.25, 0.3) is 6.08 Å². The summed E-state index contributed by atoms with van der Waals surface area (Å²) in [6.07, 6.45) is -9.40. The first-order valence-electron chi connectivity index (χ1n) is 5.59. The van der Waals surface area contributed by atoms with E-state index in [1.807, 2.05) is 0 Å². The van der Waals surface area contributed by atoms with E-state index in [1.165, 1.54) is 6.92 Å². The summed E-state index contributed by atoms with van der Waals surface area (Å²) in [4.78, 5) is 9.74. The van der Waals surface area contributed by atoms with Crippen LogP contribution in [0.5, 0.6) is 0 Å². The summed E-state index contributed by atoms with van der Waals surface area (Å²) < 4.78 is 75.6. The Bertz CT molecular complexity index is 542. The summed E-state index contributed by atoms with van der Waals surface area (Å²) in [5.74, 6) is 0. The molecule has 0 radical (unpaired) electrons. The summed E-state index contributed by atoms with van der Waals surface area (Å²) in [5, 5.41) is 10.6. The van der Waals surface area contributed by atoms with Gasteiger partial charge in [-0.2, -0.15) is 26.3 Å². The lowest BCUT2D eigenvalue weighted by Crippen LogP contribution is -2.11. The van der Waals surface area contributed by atoms with Crippen molar-refractivity contribution in [3.05, 3.63) is 50.7 Å². The molecule has 0 aromatic heterocycles. The largest absolute Gasteiger partial charge is 0.416 e. The fraction of sp³-hybridized carbons (Fsp3) is 0.333. The smallest absolute Gasteiger partial charge is 0.259 e. The van der Waals surface area contributed by atoms with Crippen LogP contribution < -0.4 is 0 Å². The average molecular weight is 313 g/mol. The van der Waals surface area contributed by atoms with Crippen LogP contribution in [0.2, 0.25) is 0 Å². The number of allylic oxidation sites excluding steroid dienone is 1. The van der Waals surface area contributed by atoms with E-state index in [1.54, 1.807) is 0 Å². The molecule has 0 spiro atoms. The molecule has 1 aromatic rings. The Kier molecular flexibility index (Phi) is 4.65. The Morgan fingerprint density at radius 2 is 1.52 bits per heavy atom. The van der Waals surface area contributed by atoms with Crippen LogP contribution in [0.3, 0.4) is 0 Å². The lowest BCUT2D eigenvalue weighted by Gasteiger charge is -2.12. The summed E-state index contributed by atoms with van der Waals surface area (Å²) in [7, 11) is 0. The zero-order chi connectivity index (χ0) is 16.4. The van der Waals surface area contributed by atoms with Gasteiger partial charge in [0.15, 0.2) is 0 Å². The highest BCUT2D eigenvalue weighted by molar-refractivity contribution is 5.54. The molecule has 116 valence electrons. The normalized spacial score (nSPS) is 13.4. The van der Waals surface area contributed by atoms with Crippen LogP contribution >= 0.6 is 0 Å². The van der Waals surface area contributed by atoms with Crippen LogP contribution in [-0.2, 0) is 12.4 Å². The molecule has 1 aromatic carbocycles. The molecular weight excluding hydrogens is 304 g/mol. The predicted molar refractivity (Wildman–Crippen MR) is 61.7 cm³/mol. The third-order valence-electron chi connectivity index (χ3n) is 2.54. The molecule has 0 aliphatic carbocycles. The van der Waals surface area contributed by atoms with E-state index in [4.69, 9.17) is 0 Å². The maximum Gasteiger partial charge on any atom is 0.416 e. The van der Waals surface area contributed by atoms with Gasteiger partial charge < -0.3 is 0 Å². The van der Waals surface area contributed by atoms with Crippen molar-refractivity contribution in [3.8, 4) is 0 Å². The zero-order valence-corrected chi connectivity index (χ0v) is 10.5. The molecule has 0 heterocycles. The van der Waals surface area contributed by atoms with E-state index in [9.17, 15) is 36.5 Å². The van der Waals surface area contributed by atoms with Crippen molar-refractivity contribution in [2.45, 2.75) is 25.7 Å². The van der Waals surface area contributed by atoms with Gasteiger partial charge in [0, 0.05) is 12.5 Å². The first-order chi connectivity index (χ1) is 9.45. The van der Waals surface area contributed by atoms with Gasteiger partial charge in [0.05, 0.1) is 16.1 Å². The molecule has 0 saturated heterocycles. The number of nitrogens with zero attached hydrogens (tertiary/aromatic N) is 1. The number of hydrogen-bond acceptors (Lipinski definition) is 2. The first kappa shape index (κ1) is 17.0. The van der Waals surface area contributed by atoms with Crippen LogP contribution in [0.4, 0.5) is 26.3 Å². The van der Waals surface area contributed by atoms with Gasteiger partial charge in [0.1, 0.15) is 0 Å². The maximum absolute atomic E-state index is 12.6. The van der Waals surface area contributed by atoms with Crippen molar-refractivity contribution in [2.24, 2.45) is 0 Å². The Labute approximate surface area is 115 Å². The van der Waals surface area contributed by atoms with Gasteiger partial charge in [-0.1, -0.05) is 6.92 Å². The number of hydrogen-bond donors (Lipinski definition) is 0. The SMILES string of the molecule is CCC(=Cc1cc(C(F)(F)F)cc(C(F)(F)F)c1)[N+](=O)[O-]. The molecule has 0 aliphatic rings. The molecule has 0 fully saturated rings. The van der Waals surface area contributed by atoms with Crippen molar-refractivity contribution in [1.29, 1.82) is 0 Å². The summed E-state index contributed by atoms with van der Waals surface area (Å²) in [6.45, 7) is 1.37. The van der Waals surface area contributed by atoms with Crippen molar-refractivity contribution in [1.82, 2.24) is 0 Å². The van der Waals surface area contributed by atoms with E-state index < -0.39 is 39.7 Å². The minimum atomic E-state index is -4.98. The second kappa shape index (κ2) is 5.74. The lowest BCUT2D eigenvalue weighted by atomic mass is 10.0. The molecule has 0 amide bonds. The fourth-order valence-electron chi connectivity index (χ4n) is 1.54. The van der Waals surface area contributed by atoms with Gasteiger partial charge >= 0.3 is 12.4 Å². The average Bonchev–Trinajstić information content (AvgIpc) is 2.33. The molecule has 0 saturated carbocycles. The van der Waals surface area contributed by atoms with Crippen molar-refractivity contribution < 1.29 is 31.3 Å². The quantitative estimate of drug-likeness (QED) is 0.459. The first-order valence-corrected chi connectivity index (χ1v) is 5.59. The molecular formula is C12H9F6NO2. The monoisotopic (exact) mass is 313 g/mol. The second-order valence-electron chi connectivity index (χ2n) is 4.09. The van der Waals surface area contributed by atoms with Crippen molar-refractivity contribution in [3.63, 3.8) is 0 Å². The zero-order valence-electron chi connectivity index (χ0n) is 10.5. The molecule has 21 heavy (non-hydrogen) atoms. The molecule has 1 rings (SSSR count). The highest BCUT2D eigenvalue weighted by atomic mass is 19.4. The van der Waals surface area contributed by atoms with E-state index in [0.717, 1.165) is 0 Å². The highest BCUT2D eigenvalue weighted by Gasteiger charge is 2.36. The van der Waals surface area contributed by atoms with Crippen LogP contribution in [-0.4, -0.2) is 4.92 Å². The highest BCUT2D eigenvalue weighted by Crippen LogP contribution is 2.36. The van der Waals surface area contributed by atoms with Gasteiger partial charge in [-0.15, -0.1) is 0 Å². The third-order valence-corrected chi connectivity index (χ3v) is 2.54. The lowest BCUT2D eigenvalue weighted by molar-refractivity contribution is -0.425. The van der Waals surface area contributed by atoms with Crippen LogP contribution in [0.15, 0.2) is 23.9 Å². The minimum absolute atomic E-state index is 0.0326. The van der Waals surface area contributed by atoms with Gasteiger partial charge in [0.2, 0.25) is 5.70 Å².